The number of hydrogen-bond acceptors (Lipinski definition) is 5. The molecule has 1 aromatic heterocycles. The van der Waals surface area contributed by atoms with Gasteiger partial charge in [0.2, 0.25) is 10.0 Å². The summed E-state index contributed by atoms with van der Waals surface area (Å²) in [5.41, 5.74) is 0.779. The van der Waals surface area contributed by atoms with Gasteiger partial charge in [0.15, 0.2) is 5.96 Å². The summed E-state index contributed by atoms with van der Waals surface area (Å²) in [6.07, 6.45) is 3.76. The van der Waals surface area contributed by atoms with Crippen LogP contribution in [0.1, 0.15) is 29.3 Å². The lowest BCUT2D eigenvalue weighted by molar-refractivity contribution is 0.597. The Hall–Kier alpha value is -1.24. The molecule has 150 valence electrons. The number of benzene rings is 1. The van der Waals surface area contributed by atoms with Crippen LogP contribution in [-0.2, 0) is 29.4 Å². The minimum Gasteiger partial charge on any atom is -0.357 e. The Morgan fingerprint density at radius 2 is 2.07 bits per heavy atom. The second-order valence-corrected chi connectivity index (χ2v) is 8.40. The normalized spacial score (nSPS) is 11.7. The number of nitrogens with two attached hydrogens (primary N) is 1. The molecule has 0 bridgehead atoms. The first-order valence-corrected chi connectivity index (χ1v) is 10.9. The number of sulfonamides is 1. The van der Waals surface area contributed by atoms with Crippen molar-refractivity contribution in [3.8, 4) is 0 Å². The van der Waals surface area contributed by atoms with Gasteiger partial charge in [-0.1, -0.05) is 19.1 Å². The van der Waals surface area contributed by atoms with Gasteiger partial charge in [0, 0.05) is 30.6 Å². The molecule has 7 nitrogen and oxygen atoms in total. The number of thiazole rings is 1. The molecule has 0 radical (unpaired) electrons. The SMILES string of the molecule is CCNC(=NCc1cccc(S(N)(=O)=O)c1)NCCc1ncc(CC)s1.I. The first-order valence-electron chi connectivity index (χ1n) is 8.50. The molecule has 10 heteroatoms. The number of rotatable bonds is 8. The van der Waals surface area contributed by atoms with E-state index in [-0.39, 0.29) is 28.9 Å². The Bertz CT molecular complexity index is 853. The molecule has 4 N–H and O–H groups in total. The van der Waals surface area contributed by atoms with Gasteiger partial charge in [0.05, 0.1) is 16.4 Å². The summed E-state index contributed by atoms with van der Waals surface area (Å²) < 4.78 is 22.9. The van der Waals surface area contributed by atoms with Crippen LogP contribution in [0.3, 0.4) is 0 Å². The first kappa shape index (κ1) is 23.8. The van der Waals surface area contributed by atoms with Crippen LogP contribution in [-0.4, -0.2) is 32.5 Å². The highest BCUT2D eigenvalue weighted by molar-refractivity contribution is 14.0. The number of aryl methyl sites for hydroxylation is 1. The van der Waals surface area contributed by atoms with Crippen molar-refractivity contribution >= 4 is 51.3 Å². The van der Waals surface area contributed by atoms with E-state index >= 15 is 0 Å². The molecule has 0 aliphatic rings. The number of guanidine groups is 1. The molecule has 0 saturated heterocycles. The fourth-order valence-corrected chi connectivity index (χ4v) is 3.69. The average molecular weight is 523 g/mol. The van der Waals surface area contributed by atoms with Crippen LogP contribution in [0, 0.1) is 0 Å². The number of aliphatic imine (C=N–C) groups is 1. The van der Waals surface area contributed by atoms with Crippen LogP contribution in [0.5, 0.6) is 0 Å². The van der Waals surface area contributed by atoms with Gasteiger partial charge in [-0.25, -0.2) is 23.5 Å². The summed E-state index contributed by atoms with van der Waals surface area (Å²) in [4.78, 5) is 10.3. The van der Waals surface area contributed by atoms with E-state index in [4.69, 9.17) is 5.14 Å². The van der Waals surface area contributed by atoms with Crippen molar-refractivity contribution in [3.63, 3.8) is 0 Å². The largest absolute Gasteiger partial charge is 0.357 e. The number of halogens is 1. The topological polar surface area (TPSA) is 109 Å². The van der Waals surface area contributed by atoms with E-state index in [1.165, 1.54) is 10.9 Å². The third kappa shape index (κ3) is 8.11. The Balaban J connectivity index is 0.00000364. The van der Waals surface area contributed by atoms with Gasteiger partial charge in [-0.15, -0.1) is 35.3 Å². The Morgan fingerprint density at radius 1 is 1.30 bits per heavy atom. The zero-order valence-electron chi connectivity index (χ0n) is 15.4. The van der Waals surface area contributed by atoms with E-state index in [9.17, 15) is 8.42 Å². The highest BCUT2D eigenvalue weighted by atomic mass is 127. The van der Waals surface area contributed by atoms with Crippen LogP contribution >= 0.6 is 35.3 Å². The van der Waals surface area contributed by atoms with Crippen molar-refractivity contribution in [2.45, 2.75) is 38.1 Å². The predicted octanol–water partition coefficient (Wildman–Crippen LogP) is 2.27. The highest BCUT2D eigenvalue weighted by Crippen LogP contribution is 2.13. The predicted molar refractivity (Wildman–Crippen MR) is 121 cm³/mol. The lowest BCUT2D eigenvalue weighted by Crippen LogP contribution is -2.38. The zero-order chi connectivity index (χ0) is 19.0. The zero-order valence-corrected chi connectivity index (χ0v) is 19.4. The molecule has 2 rings (SSSR count). The van der Waals surface area contributed by atoms with Gasteiger partial charge in [-0.3, -0.25) is 0 Å². The van der Waals surface area contributed by atoms with E-state index in [0.29, 0.717) is 12.5 Å². The van der Waals surface area contributed by atoms with Crippen molar-refractivity contribution in [1.29, 1.82) is 0 Å². The van der Waals surface area contributed by atoms with Crippen molar-refractivity contribution in [1.82, 2.24) is 15.6 Å². The highest BCUT2D eigenvalue weighted by Gasteiger charge is 2.08. The van der Waals surface area contributed by atoms with Crippen LogP contribution < -0.4 is 15.8 Å². The van der Waals surface area contributed by atoms with E-state index < -0.39 is 10.0 Å². The molecule has 0 amide bonds. The number of primary sulfonamides is 1. The molecule has 0 aliphatic heterocycles. The number of nitrogens with one attached hydrogen (secondary N) is 2. The Labute approximate surface area is 182 Å². The fraction of sp³-hybridized carbons (Fsp3) is 0.412. The van der Waals surface area contributed by atoms with Crippen molar-refractivity contribution < 1.29 is 8.42 Å². The standard InChI is InChI=1S/C17H25N5O2S2.HI/c1-3-14-12-21-16(25-14)8-9-20-17(19-4-2)22-11-13-6-5-7-15(10-13)26(18,23)24;/h5-7,10,12H,3-4,8-9,11H2,1-2H3,(H2,18,23,24)(H2,19,20,22);1H. The summed E-state index contributed by atoms with van der Waals surface area (Å²) in [5, 5.41) is 12.7. The molecule has 2 aromatic rings. The number of aromatic nitrogens is 1. The van der Waals surface area contributed by atoms with E-state index in [0.717, 1.165) is 36.5 Å². The molecular weight excluding hydrogens is 497 g/mol. The van der Waals surface area contributed by atoms with Crippen LogP contribution in [0.4, 0.5) is 0 Å². The van der Waals surface area contributed by atoms with Crippen LogP contribution in [0.15, 0.2) is 40.4 Å². The molecule has 1 aromatic carbocycles. The van der Waals surface area contributed by atoms with Gasteiger partial charge < -0.3 is 10.6 Å². The first-order chi connectivity index (χ1) is 12.4. The molecule has 27 heavy (non-hydrogen) atoms. The maximum absolute atomic E-state index is 11.4. The third-order valence-electron chi connectivity index (χ3n) is 3.57. The fourth-order valence-electron chi connectivity index (χ4n) is 2.25. The number of nitrogens with zero attached hydrogens (tertiary/aromatic N) is 2. The van der Waals surface area contributed by atoms with Crippen molar-refractivity contribution in [3.05, 3.63) is 45.9 Å². The summed E-state index contributed by atoms with van der Waals surface area (Å²) in [7, 11) is -3.70. The van der Waals surface area contributed by atoms with Crippen molar-refractivity contribution in [2.75, 3.05) is 13.1 Å². The smallest absolute Gasteiger partial charge is 0.238 e. The number of hydrogen-bond donors (Lipinski definition) is 3. The molecule has 0 saturated carbocycles. The van der Waals surface area contributed by atoms with E-state index in [1.807, 2.05) is 19.2 Å². The monoisotopic (exact) mass is 523 g/mol. The quantitative estimate of drug-likeness (QED) is 0.280. The van der Waals surface area contributed by atoms with E-state index in [2.05, 4.69) is 27.5 Å². The Kier molecular flexibility index (Phi) is 10.2. The third-order valence-corrected chi connectivity index (χ3v) is 5.68. The summed E-state index contributed by atoms with van der Waals surface area (Å²) in [5.74, 6) is 0.681. The molecule has 0 aliphatic carbocycles. The molecule has 0 atom stereocenters. The molecule has 0 unspecified atom stereocenters. The van der Waals surface area contributed by atoms with Crippen molar-refractivity contribution in [2.24, 2.45) is 10.1 Å². The molecule has 0 fully saturated rings. The minimum absolute atomic E-state index is 0. The summed E-state index contributed by atoms with van der Waals surface area (Å²) >= 11 is 1.73. The van der Waals surface area contributed by atoms with Crippen LogP contribution in [0.2, 0.25) is 0 Å². The van der Waals surface area contributed by atoms with Gasteiger partial charge in [0.25, 0.3) is 0 Å². The average Bonchev–Trinajstić information content (AvgIpc) is 3.07. The van der Waals surface area contributed by atoms with Crippen LogP contribution in [0.25, 0.3) is 0 Å². The van der Waals surface area contributed by atoms with Gasteiger partial charge in [-0.05, 0) is 31.0 Å². The second-order valence-electron chi connectivity index (χ2n) is 5.64. The van der Waals surface area contributed by atoms with E-state index in [1.54, 1.807) is 23.5 Å². The summed E-state index contributed by atoms with van der Waals surface area (Å²) in [6, 6.07) is 6.51. The second kappa shape index (κ2) is 11.6. The lowest BCUT2D eigenvalue weighted by atomic mass is 10.2. The molecular formula is C17H26IN5O2S2. The Morgan fingerprint density at radius 3 is 2.70 bits per heavy atom. The van der Waals surface area contributed by atoms with Gasteiger partial charge in [0.1, 0.15) is 0 Å². The lowest BCUT2D eigenvalue weighted by Gasteiger charge is -2.11. The van der Waals surface area contributed by atoms with Gasteiger partial charge in [-0.2, -0.15) is 0 Å². The molecule has 0 spiro atoms. The molecule has 1 heterocycles. The summed E-state index contributed by atoms with van der Waals surface area (Å²) in [6.45, 7) is 5.93. The maximum Gasteiger partial charge on any atom is 0.238 e. The van der Waals surface area contributed by atoms with Gasteiger partial charge >= 0.3 is 0 Å². The minimum atomic E-state index is -3.70. The maximum atomic E-state index is 11.4.